The third-order valence-electron chi connectivity index (χ3n) is 5.07. The molecule has 0 aromatic heterocycles. The van der Waals surface area contributed by atoms with Gasteiger partial charge in [0.25, 0.3) is 0 Å². The van der Waals surface area contributed by atoms with Gasteiger partial charge in [0, 0.05) is 19.5 Å². The van der Waals surface area contributed by atoms with E-state index in [2.05, 4.69) is 6.92 Å². The van der Waals surface area contributed by atoms with Gasteiger partial charge >= 0.3 is 5.97 Å². The first-order valence-electron chi connectivity index (χ1n) is 8.08. The van der Waals surface area contributed by atoms with Crippen LogP contribution >= 0.6 is 0 Å². The van der Waals surface area contributed by atoms with Crippen molar-refractivity contribution in [3.05, 3.63) is 0 Å². The highest BCUT2D eigenvalue weighted by Crippen LogP contribution is 2.32. The monoisotopic (exact) mass is 281 g/mol. The van der Waals surface area contributed by atoms with Crippen molar-refractivity contribution in [1.29, 1.82) is 0 Å². The average molecular weight is 281 g/mol. The Morgan fingerprint density at radius 2 is 1.85 bits per heavy atom. The van der Waals surface area contributed by atoms with Crippen LogP contribution in [0.4, 0.5) is 0 Å². The van der Waals surface area contributed by atoms with Gasteiger partial charge in [0.1, 0.15) is 0 Å². The SMILES string of the molecule is CC(CC(=O)N1CCC[C@H](C(=O)O)C1)C1CCCCC1. The minimum Gasteiger partial charge on any atom is -0.481 e. The van der Waals surface area contributed by atoms with Gasteiger partial charge in [-0.3, -0.25) is 9.59 Å². The summed E-state index contributed by atoms with van der Waals surface area (Å²) in [6.45, 7) is 3.33. The normalized spacial score (nSPS) is 26.2. The van der Waals surface area contributed by atoms with E-state index in [1.54, 1.807) is 4.90 Å². The van der Waals surface area contributed by atoms with E-state index in [0.717, 1.165) is 13.0 Å². The number of carbonyl (C=O) groups is 2. The van der Waals surface area contributed by atoms with Gasteiger partial charge < -0.3 is 10.0 Å². The van der Waals surface area contributed by atoms with Crippen molar-refractivity contribution in [1.82, 2.24) is 4.90 Å². The summed E-state index contributed by atoms with van der Waals surface area (Å²) in [5, 5.41) is 9.09. The Labute approximate surface area is 121 Å². The lowest BCUT2D eigenvalue weighted by molar-refractivity contribution is -0.146. The molecule has 0 bridgehead atoms. The van der Waals surface area contributed by atoms with E-state index in [4.69, 9.17) is 5.11 Å². The minimum absolute atomic E-state index is 0.161. The molecule has 0 aromatic rings. The number of hydrogen-bond acceptors (Lipinski definition) is 2. The maximum Gasteiger partial charge on any atom is 0.308 e. The molecule has 0 spiro atoms. The van der Waals surface area contributed by atoms with Crippen molar-refractivity contribution in [2.75, 3.05) is 13.1 Å². The highest BCUT2D eigenvalue weighted by atomic mass is 16.4. The highest BCUT2D eigenvalue weighted by molar-refractivity contribution is 5.78. The number of nitrogens with zero attached hydrogens (tertiary/aromatic N) is 1. The molecule has 1 aliphatic carbocycles. The van der Waals surface area contributed by atoms with E-state index in [1.165, 1.54) is 32.1 Å². The molecular weight excluding hydrogens is 254 g/mol. The van der Waals surface area contributed by atoms with Gasteiger partial charge in [-0.1, -0.05) is 39.0 Å². The molecule has 0 radical (unpaired) electrons. The number of rotatable bonds is 4. The number of piperidine rings is 1. The average Bonchev–Trinajstić information content (AvgIpc) is 2.48. The molecular formula is C16H27NO3. The van der Waals surface area contributed by atoms with Gasteiger partial charge in [-0.2, -0.15) is 0 Å². The summed E-state index contributed by atoms with van der Waals surface area (Å²) in [5.41, 5.74) is 0. The second kappa shape index (κ2) is 7.09. The summed E-state index contributed by atoms with van der Waals surface area (Å²) in [4.78, 5) is 25.2. The Bertz CT molecular complexity index is 350. The standard InChI is InChI=1S/C16H27NO3/c1-12(13-6-3-2-4-7-13)10-15(18)17-9-5-8-14(11-17)16(19)20/h12-14H,2-11H2,1H3,(H,19,20)/t12?,14-/m0/s1. The van der Waals surface area contributed by atoms with Gasteiger partial charge in [-0.15, -0.1) is 0 Å². The fourth-order valence-corrected chi connectivity index (χ4v) is 3.68. The molecule has 1 heterocycles. The van der Waals surface area contributed by atoms with Crippen LogP contribution in [0.3, 0.4) is 0 Å². The van der Waals surface area contributed by atoms with Crippen molar-refractivity contribution >= 4 is 11.9 Å². The van der Waals surface area contributed by atoms with Crippen molar-refractivity contribution < 1.29 is 14.7 Å². The third kappa shape index (κ3) is 3.97. The maximum absolute atomic E-state index is 12.4. The molecule has 4 nitrogen and oxygen atoms in total. The summed E-state index contributed by atoms with van der Waals surface area (Å²) in [6, 6.07) is 0. The van der Waals surface area contributed by atoms with E-state index in [-0.39, 0.29) is 11.8 Å². The zero-order valence-electron chi connectivity index (χ0n) is 12.5. The van der Waals surface area contributed by atoms with Crippen molar-refractivity contribution in [3.63, 3.8) is 0 Å². The molecule has 4 heteroatoms. The Balaban J connectivity index is 1.82. The van der Waals surface area contributed by atoms with Crippen LogP contribution in [-0.4, -0.2) is 35.0 Å². The van der Waals surface area contributed by atoms with Crippen LogP contribution in [0.1, 0.15) is 58.3 Å². The molecule has 2 atom stereocenters. The van der Waals surface area contributed by atoms with Crippen LogP contribution in [0, 0.1) is 17.8 Å². The van der Waals surface area contributed by atoms with E-state index < -0.39 is 5.97 Å². The number of carboxylic acids is 1. The first-order chi connectivity index (χ1) is 9.58. The summed E-state index contributed by atoms with van der Waals surface area (Å²) < 4.78 is 0. The zero-order chi connectivity index (χ0) is 14.5. The van der Waals surface area contributed by atoms with E-state index in [1.807, 2.05) is 0 Å². The maximum atomic E-state index is 12.4. The van der Waals surface area contributed by atoms with Crippen LogP contribution in [-0.2, 0) is 9.59 Å². The lowest BCUT2D eigenvalue weighted by Crippen LogP contribution is -2.43. The first kappa shape index (κ1) is 15.3. The molecule has 1 aliphatic heterocycles. The van der Waals surface area contributed by atoms with Crippen LogP contribution in [0.25, 0.3) is 0 Å². The number of aliphatic carboxylic acids is 1. The van der Waals surface area contributed by atoms with Crippen molar-refractivity contribution in [2.24, 2.45) is 17.8 Å². The number of amides is 1. The van der Waals surface area contributed by atoms with E-state index >= 15 is 0 Å². The predicted molar refractivity (Wildman–Crippen MR) is 77.3 cm³/mol. The highest BCUT2D eigenvalue weighted by Gasteiger charge is 2.30. The largest absolute Gasteiger partial charge is 0.481 e. The number of likely N-dealkylation sites (tertiary alicyclic amines) is 1. The summed E-state index contributed by atoms with van der Waals surface area (Å²) in [6.07, 6.45) is 8.57. The molecule has 20 heavy (non-hydrogen) atoms. The van der Waals surface area contributed by atoms with Crippen molar-refractivity contribution in [3.8, 4) is 0 Å². The Morgan fingerprint density at radius 3 is 2.50 bits per heavy atom. The quantitative estimate of drug-likeness (QED) is 0.862. The lowest BCUT2D eigenvalue weighted by Gasteiger charge is -2.33. The number of hydrogen-bond donors (Lipinski definition) is 1. The Morgan fingerprint density at radius 1 is 1.15 bits per heavy atom. The van der Waals surface area contributed by atoms with Crippen molar-refractivity contribution in [2.45, 2.75) is 58.3 Å². The predicted octanol–water partition coefficient (Wildman–Crippen LogP) is 2.92. The van der Waals surface area contributed by atoms with Gasteiger partial charge in [-0.05, 0) is 24.7 Å². The summed E-state index contributed by atoms with van der Waals surface area (Å²) in [5.74, 6) is 0.162. The van der Waals surface area contributed by atoms with Crippen LogP contribution < -0.4 is 0 Å². The number of carbonyl (C=O) groups excluding carboxylic acids is 1. The van der Waals surface area contributed by atoms with Gasteiger partial charge in [0.2, 0.25) is 5.91 Å². The summed E-state index contributed by atoms with van der Waals surface area (Å²) >= 11 is 0. The first-order valence-corrected chi connectivity index (χ1v) is 8.08. The lowest BCUT2D eigenvalue weighted by atomic mass is 9.79. The second-order valence-electron chi connectivity index (χ2n) is 6.60. The molecule has 1 saturated carbocycles. The Kier molecular flexibility index (Phi) is 5.44. The van der Waals surface area contributed by atoms with Crippen LogP contribution in [0.15, 0.2) is 0 Å². The summed E-state index contributed by atoms with van der Waals surface area (Å²) in [7, 11) is 0. The number of carboxylic acid groups (broad SMARTS) is 1. The fraction of sp³-hybridized carbons (Fsp3) is 0.875. The molecule has 0 aromatic carbocycles. The Hall–Kier alpha value is -1.06. The smallest absolute Gasteiger partial charge is 0.308 e. The second-order valence-corrected chi connectivity index (χ2v) is 6.60. The van der Waals surface area contributed by atoms with E-state index in [9.17, 15) is 9.59 Å². The van der Waals surface area contributed by atoms with Gasteiger partial charge in [0.15, 0.2) is 0 Å². The van der Waals surface area contributed by atoms with Gasteiger partial charge in [0.05, 0.1) is 5.92 Å². The minimum atomic E-state index is -0.761. The third-order valence-corrected chi connectivity index (χ3v) is 5.07. The fourth-order valence-electron chi connectivity index (χ4n) is 3.68. The molecule has 2 rings (SSSR count). The molecule has 2 fully saturated rings. The van der Waals surface area contributed by atoms with E-state index in [0.29, 0.717) is 31.2 Å². The molecule has 1 amide bonds. The molecule has 1 N–H and O–H groups in total. The molecule has 114 valence electrons. The zero-order valence-corrected chi connectivity index (χ0v) is 12.5. The van der Waals surface area contributed by atoms with Crippen LogP contribution in [0.5, 0.6) is 0 Å². The molecule has 1 saturated heterocycles. The van der Waals surface area contributed by atoms with Crippen LogP contribution in [0.2, 0.25) is 0 Å². The molecule has 2 aliphatic rings. The molecule has 1 unspecified atom stereocenters. The topological polar surface area (TPSA) is 57.6 Å². The van der Waals surface area contributed by atoms with Gasteiger partial charge in [-0.25, -0.2) is 0 Å².